The van der Waals surface area contributed by atoms with Crippen molar-refractivity contribution in [3.8, 4) is 0 Å². The molecule has 0 bridgehead atoms. The molecule has 59 heavy (non-hydrogen) atoms. The number of ketones is 3. The predicted octanol–water partition coefficient (Wildman–Crippen LogP) is 8.60. The van der Waals surface area contributed by atoms with Gasteiger partial charge in [-0.05, 0) is 13.8 Å². The topological polar surface area (TPSA) is 120 Å². The van der Waals surface area contributed by atoms with Crippen molar-refractivity contribution in [2.75, 3.05) is 0 Å². The van der Waals surface area contributed by atoms with Crippen molar-refractivity contribution in [3.63, 3.8) is 0 Å². The molecule has 0 spiro atoms. The summed E-state index contributed by atoms with van der Waals surface area (Å²) >= 11 is 0. The fourth-order valence-electron chi connectivity index (χ4n) is 3.92. The number of rotatable bonds is 6. The molecule has 0 atom stereocenters. The Bertz CT molecular complexity index is 1800. The summed E-state index contributed by atoms with van der Waals surface area (Å²) in [5.74, 6) is -1.30. The maximum Gasteiger partial charge on any atom is 3.00 e. The second kappa shape index (κ2) is 40.2. The first-order chi connectivity index (χ1) is 26.5. The van der Waals surface area contributed by atoms with Crippen LogP contribution in [0.3, 0.4) is 0 Å². The molecule has 7 aromatic carbocycles. The van der Waals surface area contributed by atoms with Gasteiger partial charge in [0.1, 0.15) is 17.3 Å². The van der Waals surface area contributed by atoms with Crippen LogP contribution < -0.4 is 15.3 Å². The largest absolute Gasteiger partial charge is 3.00 e. The number of carbonyl (C=O) groups excluding carboxylic acids is 3. The summed E-state index contributed by atoms with van der Waals surface area (Å²) < 4.78 is 0. The third-order valence-electron chi connectivity index (χ3n) is 6.45. The van der Waals surface area contributed by atoms with Crippen LogP contribution >= 0.6 is 0 Å². The van der Waals surface area contributed by atoms with Crippen molar-refractivity contribution in [1.29, 1.82) is 0 Å². The first kappa shape index (κ1) is 61.0. The minimum absolute atomic E-state index is 0. The number of carbonyl (C=O) groups is 3. The van der Waals surface area contributed by atoms with E-state index in [1.165, 1.54) is 26.3 Å². The van der Waals surface area contributed by atoms with E-state index in [1.807, 2.05) is 109 Å². The zero-order valence-corrected chi connectivity index (χ0v) is 38.4. The molecule has 6 nitrogen and oxygen atoms in total. The Balaban J connectivity index is -0.000000302. The Hall–Kier alpha value is -4.62. The van der Waals surface area contributed by atoms with Crippen molar-refractivity contribution < 1.29 is 107 Å². The second-order valence-electron chi connectivity index (χ2n) is 11.4. The number of hydrogen-bond acceptors (Lipinski definition) is 6. The van der Waals surface area contributed by atoms with Gasteiger partial charge in [-0.1, -0.05) is 79.1 Å². The molecule has 10 heteroatoms. The standard InChI is InChI=1S/3C9H9O2.C7H8.3C5H5.3Fe.Sc/c3*1-7(10)6-9(11)8-4-2-3-5-8;1-7-5-3-2-4-6-7;3*1-2-4-5-3-1;;;;/h2-6,11H,1H3;2*2-6,10H,1H3;2-6H,1H3;3*1-5H;;;;/q3*-1;;3*-1;2*+2;+3;/p-3/b9-6-;2*7-6-;;;;;;;;. The molecule has 0 N–H and O–H groups in total. The molecule has 0 saturated carbocycles. The Morgan fingerprint density at radius 1 is 0.508 bits per heavy atom. The van der Waals surface area contributed by atoms with Crippen LogP contribution in [0.25, 0.3) is 5.76 Å². The SMILES string of the molecule is C/C([O-])=C/C(=O)[c-]1cccc1.C/C([O-])=C/C(=O)[c-]1cccc1.CC(=O)/C=C(\[O-])c1ccc[cH-]1.Cc1ccccc1.[Fe+2].[Fe+2].[Fe+3].[Sc].c1cc[cH-]c1.c1cc[cH-]c1.c1cc[cH-]c1. The molecular weight excluding hydrogens is 897 g/mol. The minimum Gasteiger partial charge on any atom is -0.914 e. The van der Waals surface area contributed by atoms with Crippen LogP contribution in [0.1, 0.15) is 52.6 Å². The van der Waals surface area contributed by atoms with E-state index in [9.17, 15) is 29.7 Å². The molecule has 0 aromatic heterocycles. The van der Waals surface area contributed by atoms with Crippen LogP contribution in [-0.2, 0) is 81.8 Å². The fraction of sp³-hybridized carbons (Fsp3) is 0.0816. The van der Waals surface area contributed by atoms with Gasteiger partial charge in [-0.25, -0.2) is 36.4 Å². The van der Waals surface area contributed by atoms with E-state index in [-0.39, 0.29) is 112 Å². The number of allylic oxidation sites excluding steroid dienone is 5. The molecule has 0 aliphatic carbocycles. The van der Waals surface area contributed by atoms with Crippen LogP contribution in [0.2, 0.25) is 0 Å². The zero-order valence-electron chi connectivity index (χ0n) is 33.3. The molecule has 7 aromatic rings. The normalized spacial score (nSPS) is 9.53. The van der Waals surface area contributed by atoms with E-state index in [4.69, 9.17) is 0 Å². The van der Waals surface area contributed by atoms with Crippen molar-refractivity contribution in [1.82, 2.24) is 0 Å². The summed E-state index contributed by atoms with van der Waals surface area (Å²) in [5.41, 5.74) is 3.03. The van der Waals surface area contributed by atoms with Gasteiger partial charge in [0, 0.05) is 25.8 Å². The van der Waals surface area contributed by atoms with Gasteiger partial charge in [0.05, 0.1) is 0 Å². The van der Waals surface area contributed by atoms with Crippen molar-refractivity contribution in [2.24, 2.45) is 0 Å². The summed E-state index contributed by atoms with van der Waals surface area (Å²) in [7, 11) is 0. The van der Waals surface area contributed by atoms with Crippen LogP contribution in [0.4, 0.5) is 0 Å². The first-order valence-corrected chi connectivity index (χ1v) is 17.3. The average molecular weight is 944 g/mol. The van der Waals surface area contributed by atoms with Crippen molar-refractivity contribution >= 4 is 23.1 Å². The molecule has 308 valence electrons. The molecule has 0 aliphatic heterocycles. The third-order valence-corrected chi connectivity index (χ3v) is 6.45. The summed E-state index contributed by atoms with van der Waals surface area (Å²) in [4.78, 5) is 32.6. The Kier molecular flexibility index (Phi) is 41.6. The van der Waals surface area contributed by atoms with Crippen LogP contribution in [0.15, 0.2) is 224 Å². The van der Waals surface area contributed by atoms with Crippen LogP contribution in [-0.4, -0.2) is 17.3 Å². The van der Waals surface area contributed by atoms with Gasteiger partial charge in [0.15, 0.2) is 0 Å². The summed E-state index contributed by atoms with van der Waals surface area (Å²) in [6, 6.07) is 60.9. The number of hydrogen-bond donors (Lipinski definition) is 0. The van der Waals surface area contributed by atoms with E-state index in [0.717, 1.165) is 18.2 Å². The van der Waals surface area contributed by atoms with Gasteiger partial charge in [0.25, 0.3) is 0 Å². The zero-order chi connectivity index (χ0) is 40.5. The van der Waals surface area contributed by atoms with Gasteiger partial charge in [-0.2, -0.15) is 120 Å². The predicted molar refractivity (Wildman–Crippen MR) is 218 cm³/mol. The monoisotopic (exact) mass is 944 g/mol. The van der Waals surface area contributed by atoms with Gasteiger partial charge < -0.3 is 24.9 Å². The maximum absolute atomic E-state index is 11.0. The first-order valence-electron chi connectivity index (χ1n) is 17.3. The molecule has 0 fully saturated rings. The molecule has 0 unspecified atom stereocenters. The van der Waals surface area contributed by atoms with Gasteiger partial charge in [-0.3, -0.25) is 4.79 Å². The fourth-order valence-corrected chi connectivity index (χ4v) is 3.92. The molecule has 0 heterocycles. The average Bonchev–Trinajstić information content (AvgIpc) is 4.02. The number of aryl methyl sites for hydroxylation is 1. The minimum atomic E-state index is -0.220. The van der Waals surface area contributed by atoms with Crippen molar-refractivity contribution in [3.05, 3.63) is 246 Å². The van der Waals surface area contributed by atoms with Crippen molar-refractivity contribution in [2.45, 2.75) is 27.7 Å². The van der Waals surface area contributed by atoms with E-state index in [0.29, 0.717) is 16.7 Å². The summed E-state index contributed by atoms with van der Waals surface area (Å²) in [6.45, 7) is 6.17. The second-order valence-corrected chi connectivity index (χ2v) is 11.4. The van der Waals surface area contributed by atoms with Gasteiger partial charge in [-0.15, -0.1) is 30.3 Å². The Labute approximate surface area is 400 Å². The Morgan fingerprint density at radius 3 is 1.08 bits per heavy atom. The Morgan fingerprint density at radius 2 is 0.864 bits per heavy atom. The molecule has 0 amide bonds. The quantitative estimate of drug-likeness (QED) is 0.0542. The molecule has 2 radical (unpaired) electrons. The van der Waals surface area contributed by atoms with E-state index in [2.05, 4.69) is 19.1 Å². The third kappa shape index (κ3) is 35.1. The maximum atomic E-state index is 11.0. The molecular formula is C49H47Fe3O6Sc-2. The summed E-state index contributed by atoms with van der Waals surface area (Å²) in [5, 5.41) is 32.0. The van der Waals surface area contributed by atoms with Gasteiger partial charge in [0.2, 0.25) is 0 Å². The molecule has 0 aliphatic rings. The van der Waals surface area contributed by atoms with Crippen LogP contribution in [0.5, 0.6) is 0 Å². The van der Waals surface area contributed by atoms with Crippen LogP contribution in [0, 0.1) is 6.92 Å². The number of benzene rings is 1. The van der Waals surface area contributed by atoms with E-state index < -0.39 is 0 Å². The smallest absolute Gasteiger partial charge is 0.914 e. The van der Waals surface area contributed by atoms with E-state index >= 15 is 0 Å². The molecule has 7 rings (SSSR count). The molecule has 0 saturated heterocycles. The summed E-state index contributed by atoms with van der Waals surface area (Å²) in [6.07, 6.45) is 3.28. The van der Waals surface area contributed by atoms with Gasteiger partial charge >= 0.3 is 51.2 Å². The van der Waals surface area contributed by atoms with E-state index in [1.54, 1.807) is 72.8 Å².